The number of carboxylic acids is 1. The molecule has 0 saturated carbocycles. The predicted molar refractivity (Wildman–Crippen MR) is 185 cm³/mol. The van der Waals surface area contributed by atoms with E-state index in [1.54, 1.807) is 12.1 Å². The topological polar surface area (TPSA) is 95.9 Å². The van der Waals surface area contributed by atoms with Gasteiger partial charge in [-0.2, -0.15) is 0 Å². The molecule has 0 heterocycles. The van der Waals surface area contributed by atoms with Crippen molar-refractivity contribution in [3.63, 3.8) is 0 Å². The van der Waals surface area contributed by atoms with Gasteiger partial charge < -0.3 is 20.1 Å². The smallest absolute Gasteiger partial charge is 0.394 e. The SMILES string of the molecule is O=C(O)C(=O)N(Cc1ccccc1-c1ccccc1)Cc1c(Br)cc(C(=O)NCCc2ccc(Oc3ccccc3)cc2)cc1Br. The minimum Gasteiger partial charge on any atom is -0.474 e. The molecule has 2 amide bonds. The molecule has 0 saturated heterocycles. The zero-order valence-corrected chi connectivity index (χ0v) is 27.8. The van der Waals surface area contributed by atoms with Gasteiger partial charge in [-0.1, -0.05) is 117 Å². The van der Waals surface area contributed by atoms with E-state index in [1.807, 2.05) is 109 Å². The number of amides is 2. The van der Waals surface area contributed by atoms with Crippen LogP contribution in [0, 0.1) is 0 Å². The van der Waals surface area contributed by atoms with Crippen LogP contribution in [0.5, 0.6) is 11.5 Å². The van der Waals surface area contributed by atoms with E-state index in [2.05, 4.69) is 37.2 Å². The number of para-hydroxylation sites is 1. The van der Waals surface area contributed by atoms with Gasteiger partial charge in [0.2, 0.25) is 0 Å². The van der Waals surface area contributed by atoms with Crippen molar-refractivity contribution in [2.24, 2.45) is 0 Å². The zero-order valence-electron chi connectivity index (χ0n) is 24.7. The average Bonchev–Trinajstić information content (AvgIpc) is 3.07. The number of aliphatic carboxylic acids is 1. The molecule has 46 heavy (non-hydrogen) atoms. The molecule has 0 aliphatic rings. The molecular weight excluding hydrogens is 712 g/mol. The first-order valence-electron chi connectivity index (χ1n) is 14.5. The van der Waals surface area contributed by atoms with Crippen LogP contribution in [0.4, 0.5) is 0 Å². The Labute approximate surface area is 284 Å². The number of carboxylic acid groups (broad SMARTS) is 1. The average molecular weight is 742 g/mol. The summed E-state index contributed by atoms with van der Waals surface area (Å²) in [5.74, 6) is -1.33. The number of rotatable bonds is 11. The molecule has 0 radical (unpaired) electrons. The summed E-state index contributed by atoms with van der Waals surface area (Å²) < 4.78 is 6.98. The lowest BCUT2D eigenvalue weighted by Crippen LogP contribution is -2.36. The second-order valence-electron chi connectivity index (χ2n) is 10.5. The quantitative estimate of drug-likeness (QED) is 0.133. The van der Waals surface area contributed by atoms with Crippen LogP contribution in [0.3, 0.4) is 0 Å². The Balaban J connectivity index is 1.24. The minimum atomic E-state index is -1.54. The monoisotopic (exact) mass is 740 g/mol. The van der Waals surface area contributed by atoms with Crippen LogP contribution >= 0.6 is 31.9 Å². The number of carbonyl (C=O) groups excluding carboxylic acids is 2. The molecule has 0 atom stereocenters. The van der Waals surface area contributed by atoms with E-state index in [0.29, 0.717) is 33.0 Å². The van der Waals surface area contributed by atoms with E-state index >= 15 is 0 Å². The molecule has 232 valence electrons. The summed E-state index contributed by atoms with van der Waals surface area (Å²) in [7, 11) is 0. The fourth-order valence-electron chi connectivity index (χ4n) is 4.95. The molecule has 5 aromatic carbocycles. The third-order valence-electron chi connectivity index (χ3n) is 7.29. The third kappa shape index (κ3) is 8.50. The van der Waals surface area contributed by atoms with Gasteiger partial charge in [-0.25, -0.2) is 4.79 Å². The van der Waals surface area contributed by atoms with Gasteiger partial charge in [-0.15, -0.1) is 0 Å². The molecule has 0 aliphatic heterocycles. The molecule has 7 nitrogen and oxygen atoms in total. The highest BCUT2D eigenvalue weighted by molar-refractivity contribution is 9.11. The van der Waals surface area contributed by atoms with Crippen LogP contribution in [-0.2, 0) is 29.1 Å². The van der Waals surface area contributed by atoms with Crippen molar-refractivity contribution in [1.29, 1.82) is 0 Å². The van der Waals surface area contributed by atoms with Crippen LogP contribution in [0.15, 0.2) is 130 Å². The largest absolute Gasteiger partial charge is 0.474 e. The van der Waals surface area contributed by atoms with E-state index in [9.17, 15) is 19.5 Å². The fourth-order valence-corrected chi connectivity index (χ4v) is 6.38. The molecule has 0 bridgehead atoms. The Bertz CT molecular complexity index is 1810. The Kier molecular flexibility index (Phi) is 11.0. The highest BCUT2D eigenvalue weighted by Crippen LogP contribution is 2.31. The van der Waals surface area contributed by atoms with Crippen molar-refractivity contribution in [3.8, 4) is 22.6 Å². The molecule has 0 unspecified atom stereocenters. The maximum atomic E-state index is 13.0. The summed E-state index contributed by atoms with van der Waals surface area (Å²) in [6.07, 6.45) is 0.633. The van der Waals surface area contributed by atoms with Crippen LogP contribution < -0.4 is 10.1 Å². The maximum Gasteiger partial charge on any atom is 0.394 e. The molecular formula is C37H30Br2N2O5. The van der Waals surface area contributed by atoms with Crippen molar-refractivity contribution in [2.45, 2.75) is 19.5 Å². The Morgan fingerprint density at radius 3 is 1.96 bits per heavy atom. The second kappa shape index (κ2) is 15.5. The Morgan fingerprint density at radius 1 is 0.717 bits per heavy atom. The van der Waals surface area contributed by atoms with Gasteiger partial charge in [0.1, 0.15) is 11.5 Å². The first-order valence-corrected chi connectivity index (χ1v) is 16.1. The lowest BCUT2D eigenvalue weighted by molar-refractivity contribution is -0.156. The van der Waals surface area contributed by atoms with Gasteiger partial charge in [0, 0.05) is 34.1 Å². The van der Waals surface area contributed by atoms with Gasteiger partial charge in [-0.3, -0.25) is 9.59 Å². The molecule has 9 heteroatoms. The maximum absolute atomic E-state index is 13.0. The lowest BCUT2D eigenvalue weighted by atomic mass is 9.99. The van der Waals surface area contributed by atoms with E-state index in [-0.39, 0.29) is 19.0 Å². The number of benzene rings is 5. The normalized spacial score (nSPS) is 10.7. The molecule has 0 spiro atoms. The van der Waals surface area contributed by atoms with Crippen molar-refractivity contribution in [2.75, 3.05) is 6.54 Å². The molecule has 0 aliphatic carbocycles. The second-order valence-corrected chi connectivity index (χ2v) is 12.2. The van der Waals surface area contributed by atoms with Gasteiger partial charge in [0.05, 0.1) is 0 Å². The van der Waals surface area contributed by atoms with Gasteiger partial charge in [0.25, 0.3) is 5.91 Å². The number of nitrogens with one attached hydrogen (secondary N) is 1. The van der Waals surface area contributed by atoms with Gasteiger partial charge in [-0.05, 0) is 70.6 Å². The Morgan fingerprint density at radius 2 is 1.30 bits per heavy atom. The fraction of sp³-hybridized carbons (Fsp3) is 0.108. The third-order valence-corrected chi connectivity index (χ3v) is 8.70. The summed E-state index contributed by atoms with van der Waals surface area (Å²) >= 11 is 7.09. The minimum absolute atomic E-state index is 0.00129. The van der Waals surface area contributed by atoms with Crippen molar-refractivity contribution in [3.05, 3.63) is 153 Å². The zero-order chi connectivity index (χ0) is 32.5. The highest BCUT2D eigenvalue weighted by atomic mass is 79.9. The van der Waals surface area contributed by atoms with Crippen molar-refractivity contribution in [1.82, 2.24) is 10.2 Å². The van der Waals surface area contributed by atoms with Gasteiger partial charge in [0.15, 0.2) is 0 Å². The van der Waals surface area contributed by atoms with E-state index in [0.717, 1.165) is 33.8 Å². The number of hydrogen-bond acceptors (Lipinski definition) is 4. The summed E-state index contributed by atoms with van der Waals surface area (Å²) in [5.41, 5.74) is 4.79. The van der Waals surface area contributed by atoms with Crippen molar-refractivity contribution >= 4 is 49.6 Å². The van der Waals surface area contributed by atoms with Crippen LogP contribution in [-0.4, -0.2) is 34.3 Å². The van der Waals surface area contributed by atoms with Crippen molar-refractivity contribution < 1.29 is 24.2 Å². The first kappa shape index (κ1) is 32.7. The molecule has 5 rings (SSSR count). The summed E-state index contributed by atoms with van der Waals surface area (Å²) in [4.78, 5) is 39.0. The standard InChI is InChI=1S/C37H30Br2N2O5/c38-33-21-28(35(42)40-20-19-25-15-17-30(18-16-25)46-29-12-5-2-6-13-29)22-34(39)32(33)24-41(36(43)37(44)45)23-27-11-7-8-14-31(27)26-9-3-1-4-10-26/h1-18,21-22H,19-20,23-24H2,(H,40,42)(H,44,45). The molecule has 0 fully saturated rings. The van der Waals surface area contributed by atoms with Crippen LogP contribution in [0.25, 0.3) is 11.1 Å². The summed E-state index contributed by atoms with van der Waals surface area (Å²) in [6.45, 7) is 0.508. The lowest BCUT2D eigenvalue weighted by Gasteiger charge is -2.24. The van der Waals surface area contributed by atoms with E-state index < -0.39 is 11.9 Å². The van der Waals surface area contributed by atoms with Crippen LogP contribution in [0.1, 0.15) is 27.0 Å². The molecule has 0 aromatic heterocycles. The number of halogens is 2. The molecule has 2 N–H and O–H groups in total. The highest BCUT2D eigenvalue weighted by Gasteiger charge is 2.25. The Hall–Kier alpha value is -4.73. The number of nitrogens with zero attached hydrogens (tertiary/aromatic N) is 1. The number of ether oxygens (including phenoxy) is 1. The van der Waals surface area contributed by atoms with Crippen LogP contribution in [0.2, 0.25) is 0 Å². The first-order chi connectivity index (χ1) is 22.3. The number of carbonyl (C=O) groups is 3. The van der Waals surface area contributed by atoms with Gasteiger partial charge >= 0.3 is 11.9 Å². The van der Waals surface area contributed by atoms with E-state index in [1.165, 1.54) is 4.90 Å². The summed E-state index contributed by atoms with van der Waals surface area (Å²) in [5, 5.41) is 12.6. The van der Waals surface area contributed by atoms with E-state index in [4.69, 9.17) is 4.74 Å². The summed E-state index contributed by atoms with van der Waals surface area (Å²) in [6, 6.07) is 37.9. The molecule has 5 aromatic rings. The predicted octanol–water partition coefficient (Wildman–Crippen LogP) is 8.26. The number of hydrogen-bond donors (Lipinski definition) is 2.